The first-order chi connectivity index (χ1) is 16.5. The first kappa shape index (κ1) is 23.7. The van der Waals surface area contributed by atoms with Crippen molar-refractivity contribution in [1.82, 2.24) is 14.9 Å². The van der Waals surface area contributed by atoms with E-state index in [1.165, 1.54) is 11.9 Å². The zero-order valence-electron chi connectivity index (χ0n) is 19.3. The minimum atomic E-state index is -0.567. The highest BCUT2D eigenvalue weighted by Crippen LogP contribution is 2.19. The molecule has 4 rings (SSSR count). The molecule has 2 aromatic carbocycles. The van der Waals surface area contributed by atoms with E-state index in [1.54, 1.807) is 7.11 Å². The van der Waals surface area contributed by atoms with Crippen LogP contribution in [-0.4, -0.2) is 46.3 Å². The van der Waals surface area contributed by atoms with E-state index in [0.717, 1.165) is 49.2 Å². The molecule has 0 bridgehead atoms. The molecule has 1 aromatic heterocycles. The quantitative estimate of drug-likeness (QED) is 0.491. The van der Waals surface area contributed by atoms with Crippen LogP contribution in [0, 0.1) is 11.8 Å². The number of piperidine rings is 1. The monoisotopic (exact) mass is 458 g/mol. The summed E-state index contributed by atoms with van der Waals surface area (Å²) in [4.78, 5) is 20.3. The second-order valence-corrected chi connectivity index (χ2v) is 8.62. The number of benzene rings is 2. The van der Waals surface area contributed by atoms with Gasteiger partial charge in [-0.1, -0.05) is 36.1 Å². The third kappa shape index (κ3) is 6.12. The minimum absolute atomic E-state index is 0.261. The van der Waals surface area contributed by atoms with Gasteiger partial charge in [-0.3, -0.25) is 9.69 Å². The first-order valence-corrected chi connectivity index (χ1v) is 11.5. The van der Waals surface area contributed by atoms with Gasteiger partial charge in [-0.2, -0.15) is 0 Å². The minimum Gasteiger partial charge on any atom is -0.502 e. The van der Waals surface area contributed by atoms with E-state index >= 15 is 0 Å². The maximum absolute atomic E-state index is 11.5. The summed E-state index contributed by atoms with van der Waals surface area (Å²) in [6.07, 6.45) is 4.11. The smallest absolute Gasteiger partial charge is 0.293 e. The van der Waals surface area contributed by atoms with Crippen LogP contribution in [0.2, 0.25) is 0 Å². The number of nitrogens with one attached hydrogen (secondary N) is 1. The normalized spacial score (nSPS) is 15.5. The molecule has 2 heterocycles. The van der Waals surface area contributed by atoms with Crippen LogP contribution < -0.4 is 11.3 Å². The highest BCUT2D eigenvalue weighted by Gasteiger charge is 2.18. The van der Waals surface area contributed by atoms with Gasteiger partial charge in [0.15, 0.2) is 0 Å². The highest BCUT2D eigenvalue weighted by molar-refractivity contribution is 5.44. The van der Waals surface area contributed by atoms with E-state index in [4.69, 9.17) is 10.5 Å². The van der Waals surface area contributed by atoms with E-state index in [-0.39, 0.29) is 17.9 Å². The molecule has 176 valence electrons. The van der Waals surface area contributed by atoms with Gasteiger partial charge >= 0.3 is 0 Å². The lowest BCUT2D eigenvalue weighted by Gasteiger charge is -2.31. The Morgan fingerprint density at radius 2 is 1.74 bits per heavy atom. The second kappa shape index (κ2) is 11.1. The van der Waals surface area contributed by atoms with Gasteiger partial charge < -0.3 is 20.6 Å². The fraction of sp³-hybridized carbons (Fsp3) is 0.333. The van der Waals surface area contributed by atoms with Gasteiger partial charge in [-0.25, -0.2) is 4.98 Å². The predicted octanol–water partition coefficient (Wildman–Crippen LogP) is 2.73. The molecule has 0 saturated carbocycles. The van der Waals surface area contributed by atoms with Gasteiger partial charge in [-0.05, 0) is 48.2 Å². The molecule has 1 saturated heterocycles. The van der Waals surface area contributed by atoms with Gasteiger partial charge in [0.05, 0.1) is 18.1 Å². The number of likely N-dealkylation sites (tertiary alicyclic amines) is 1. The predicted molar refractivity (Wildman–Crippen MR) is 131 cm³/mol. The van der Waals surface area contributed by atoms with Gasteiger partial charge in [0.1, 0.15) is 0 Å². The number of ether oxygens (including phenoxy) is 1. The van der Waals surface area contributed by atoms with Crippen LogP contribution in [0.25, 0.3) is 0 Å². The maximum Gasteiger partial charge on any atom is 0.293 e. The molecule has 0 aliphatic carbocycles. The summed E-state index contributed by atoms with van der Waals surface area (Å²) in [7, 11) is 1.80. The van der Waals surface area contributed by atoms with Crippen molar-refractivity contribution in [2.75, 3.05) is 20.2 Å². The largest absolute Gasteiger partial charge is 0.502 e. The summed E-state index contributed by atoms with van der Waals surface area (Å²) in [6.45, 7) is 3.10. The Labute approximate surface area is 199 Å². The number of nitrogens with two attached hydrogens (primary N) is 1. The van der Waals surface area contributed by atoms with Crippen molar-refractivity contribution in [3.63, 3.8) is 0 Å². The number of hydrogen-bond acceptors (Lipinski definition) is 6. The molecule has 7 heteroatoms. The van der Waals surface area contributed by atoms with Gasteiger partial charge in [0, 0.05) is 50.3 Å². The standard InChI is InChI=1S/C27H30N4O3/c1-34-23-12-14-31(15-13-23)17-21-6-4-19(5-7-21)2-3-20-8-10-22(11-9-20)24(28)16-25-26(32)27(33)30-18-29-25/h4-11,18,23-24,32H,12-17,28H2,1H3,(H,29,30,33). The Morgan fingerprint density at radius 1 is 1.12 bits per heavy atom. The Bertz CT molecular complexity index is 1200. The van der Waals surface area contributed by atoms with Crippen LogP contribution in [0.4, 0.5) is 0 Å². The lowest BCUT2D eigenvalue weighted by Crippen LogP contribution is -2.36. The van der Waals surface area contributed by atoms with Crippen LogP contribution in [-0.2, 0) is 17.7 Å². The SMILES string of the molecule is COC1CCN(Cc2ccc(C#Cc3ccc(C(N)Cc4nc[nH]c(=O)c4O)cc3)cc2)CC1. The number of H-pyrrole nitrogens is 1. The first-order valence-electron chi connectivity index (χ1n) is 11.5. The lowest BCUT2D eigenvalue weighted by molar-refractivity contribution is 0.0388. The zero-order chi connectivity index (χ0) is 23.9. The number of rotatable bonds is 6. The van der Waals surface area contributed by atoms with Crippen molar-refractivity contribution in [1.29, 1.82) is 0 Å². The van der Waals surface area contributed by atoms with E-state index in [0.29, 0.717) is 6.10 Å². The molecule has 3 aromatic rings. The third-order valence-electron chi connectivity index (χ3n) is 6.24. The van der Waals surface area contributed by atoms with Gasteiger partial charge in [0.25, 0.3) is 5.56 Å². The number of nitrogens with zero attached hydrogens (tertiary/aromatic N) is 2. The molecule has 1 unspecified atom stereocenters. The van der Waals surface area contributed by atoms with Crippen LogP contribution in [0.1, 0.15) is 46.8 Å². The molecule has 0 spiro atoms. The molecule has 7 nitrogen and oxygen atoms in total. The van der Waals surface area contributed by atoms with Crippen LogP contribution in [0.3, 0.4) is 0 Å². The van der Waals surface area contributed by atoms with E-state index in [2.05, 4.69) is 51.0 Å². The Kier molecular flexibility index (Phi) is 7.76. The van der Waals surface area contributed by atoms with Gasteiger partial charge in [-0.15, -0.1) is 0 Å². The molecule has 1 atom stereocenters. The van der Waals surface area contributed by atoms with Crippen LogP contribution in [0.15, 0.2) is 59.7 Å². The van der Waals surface area contributed by atoms with Crippen LogP contribution in [0.5, 0.6) is 5.75 Å². The Morgan fingerprint density at radius 3 is 2.35 bits per heavy atom. The summed E-state index contributed by atoms with van der Waals surface area (Å²) in [6, 6.07) is 15.7. The van der Waals surface area contributed by atoms with Gasteiger partial charge in [0.2, 0.25) is 5.75 Å². The average molecular weight is 459 g/mol. The zero-order valence-corrected chi connectivity index (χ0v) is 19.3. The van der Waals surface area contributed by atoms with Crippen molar-refractivity contribution in [3.8, 4) is 17.6 Å². The molecule has 1 aliphatic rings. The fourth-order valence-electron chi connectivity index (χ4n) is 4.12. The third-order valence-corrected chi connectivity index (χ3v) is 6.24. The molecule has 0 radical (unpaired) electrons. The molecule has 4 N–H and O–H groups in total. The van der Waals surface area contributed by atoms with Crippen molar-refractivity contribution < 1.29 is 9.84 Å². The van der Waals surface area contributed by atoms with Crippen molar-refractivity contribution in [2.45, 2.75) is 38.0 Å². The van der Waals surface area contributed by atoms with Crippen molar-refractivity contribution >= 4 is 0 Å². The van der Waals surface area contributed by atoms with Crippen molar-refractivity contribution in [2.24, 2.45) is 5.73 Å². The summed E-state index contributed by atoms with van der Waals surface area (Å²) in [5, 5.41) is 9.85. The summed E-state index contributed by atoms with van der Waals surface area (Å²) >= 11 is 0. The molecular formula is C27H30N4O3. The maximum atomic E-state index is 11.5. The Balaban J connectivity index is 1.33. The number of methoxy groups -OCH3 is 1. The highest BCUT2D eigenvalue weighted by atomic mass is 16.5. The summed E-state index contributed by atoms with van der Waals surface area (Å²) in [5.74, 6) is 6.02. The fourth-order valence-corrected chi connectivity index (χ4v) is 4.12. The number of aromatic hydroxyl groups is 1. The summed E-state index contributed by atoms with van der Waals surface area (Å²) < 4.78 is 5.45. The molecule has 1 fully saturated rings. The topological polar surface area (TPSA) is 104 Å². The molecule has 1 aliphatic heterocycles. The number of aromatic nitrogens is 2. The van der Waals surface area contributed by atoms with E-state index in [9.17, 15) is 9.90 Å². The van der Waals surface area contributed by atoms with Crippen molar-refractivity contribution in [3.05, 3.63) is 93.2 Å². The molecule has 0 amide bonds. The van der Waals surface area contributed by atoms with Crippen LogP contribution >= 0.6 is 0 Å². The number of aromatic amines is 1. The number of hydrogen-bond donors (Lipinski definition) is 3. The van der Waals surface area contributed by atoms with E-state index < -0.39 is 11.6 Å². The Hall–Kier alpha value is -3.44. The molecular weight excluding hydrogens is 428 g/mol. The average Bonchev–Trinajstić information content (AvgIpc) is 2.87. The lowest BCUT2D eigenvalue weighted by atomic mass is 10.0. The van der Waals surface area contributed by atoms with E-state index in [1.807, 2.05) is 24.3 Å². The molecule has 34 heavy (non-hydrogen) atoms. The summed E-state index contributed by atoms with van der Waals surface area (Å²) in [5.41, 5.74) is 9.99. The second-order valence-electron chi connectivity index (χ2n) is 8.62.